The van der Waals surface area contributed by atoms with Crippen molar-refractivity contribution in [2.24, 2.45) is 4.99 Å². The highest BCUT2D eigenvalue weighted by atomic mass is 16.5. The van der Waals surface area contributed by atoms with Gasteiger partial charge in [-0.3, -0.25) is 9.89 Å². The van der Waals surface area contributed by atoms with Crippen LogP contribution >= 0.6 is 0 Å². The molecule has 0 bridgehead atoms. The number of nitrogens with zero attached hydrogens (tertiary/aromatic N) is 2. The lowest BCUT2D eigenvalue weighted by molar-refractivity contribution is 0.0600. The summed E-state index contributed by atoms with van der Waals surface area (Å²) in [6.45, 7) is 3.50. The number of esters is 1. The summed E-state index contributed by atoms with van der Waals surface area (Å²) in [5.74, 6) is 1.38. The molecule has 156 valence electrons. The van der Waals surface area contributed by atoms with E-state index in [9.17, 15) is 4.79 Å². The summed E-state index contributed by atoms with van der Waals surface area (Å²) in [6.07, 6.45) is 5.49. The van der Waals surface area contributed by atoms with Crippen LogP contribution in [0, 0.1) is 0 Å². The molecule has 0 spiro atoms. The van der Waals surface area contributed by atoms with Crippen LogP contribution in [-0.4, -0.2) is 50.6 Å². The third kappa shape index (κ3) is 5.84. The zero-order valence-corrected chi connectivity index (χ0v) is 17.2. The molecule has 3 rings (SSSR count). The average Bonchev–Trinajstić information content (AvgIpc) is 3.31. The minimum absolute atomic E-state index is 0.184. The quantitative estimate of drug-likeness (QED) is 0.424. The van der Waals surface area contributed by atoms with E-state index < -0.39 is 0 Å². The van der Waals surface area contributed by atoms with Crippen LogP contribution in [0.15, 0.2) is 52.1 Å². The van der Waals surface area contributed by atoms with Gasteiger partial charge in [-0.05, 0) is 55.8 Å². The largest absolute Gasteiger partial charge is 0.468 e. The van der Waals surface area contributed by atoms with E-state index in [2.05, 4.69) is 20.5 Å². The number of aliphatic imine (C=N–C) groups is 1. The second-order valence-electron chi connectivity index (χ2n) is 7.12. The molecule has 1 atom stereocenters. The van der Waals surface area contributed by atoms with E-state index in [1.54, 1.807) is 25.4 Å². The fourth-order valence-electron chi connectivity index (χ4n) is 3.60. The monoisotopic (exact) mass is 398 g/mol. The van der Waals surface area contributed by atoms with Crippen LogP contribution in [0.4, 0.5) is 0 Å². The van der Waals surface area contributed by atoms with E-state index in [0.717, 1.165) is 30.4 Å². The molecule has 0 aliphatic carbocycles. The Morgan fingerprint density at radius 2 is 1.93 bits per heavy atom. The smallest absolute Gasteiger partial charge is 0.337 e. The highest BCUT2D eigenvalue weighted by molar-refractivity contribution is 5.89. The van der Waals surface area contributed by atoms with Crippen LogP contribution in [0.25, 0.3) is 0 Å². The maximum atomic E-state index is 11.5. The Morgan fingerprint density at radius 1 is 1.17 bits per heavy atom. The zero-order chi connectivity index (χ0) is 20.5. The lowest BCUT2D eigenvalue weighted by Crippen LogP contribution is -2.44. The number of furan rings is 1. The summed E-state index contributed by atoms with van der Waals surface area (Å²) in [4.78, 5) is 18.3. The number of methoxy groups -OCH3 is 1. The summed E-state index contributed by atoms with van der Waals surface area (Å²) in [6, 6.07) is 11.5. The van der Waals surface area contributed by atoms with E-state index in [1.807, 2.05) is 24.3 Å². The highest BCUT2D eigenvalue weighted by Gasteiger charge is 2.24. The SMILES string of the molecule is CN=C(NCc1ccc(C(=O)OC)cc1)NCC(c1ccco1)N1CCCCC1. The number of benzene rings is 1. The molecule has 1 fully saturated rings. The van der Waals surface area contributed by atoms with E-state index >= 15 is 0 Å². The van der Waals surface area contributed by atoms with E-state index in [0.29, 0.717) is 18.7 Å². The summed E-state index contributed by atoms with van der Waals surface area (Å²) in [7, 11) is 3.14. The van der Waals surface area contributed by atoms with Crippen LogP contribution in [0.1, 0.15) is 47.0 Å². The van der Waals surface area contributed by atoms with Crippen molar-refractivity contribution in [1.29, 1.82) is 0 Å². The van der Waals surface area contributed by atoms with Gasteiger partial charge in [0.05, 0.1) is 25.0 Å². The molecular weight excluding hydrogens is 368 g/mol. The Morgan fingerprint density at radius 3 is 2.55 bits per heavy atom. The van der Waals surface area contributed by atoms with Gasteiger partial charge >= 0.3 is 5.97 Å². The number of guanidine groups is 1. The van der Waals surface area contributed by atoms with Gasteiger partial charge in [0.1, 0.15) is 5.76 Å². The second kappa shape index (κ2) is 10.7. The summed E-state index contributed by atoms with van der Waals surface area (Å²) < 4.78 is 10.4. The van der Waals surface area contributed by atoms with Crippen molar-refractivity contribution in [3.05, 3.63) is 59.5 Å². The number of carbonyl (C=O) groups is 1. The summed E-state index contributed by atoms with van der Waals surface area (Å²) in [5, 5.41) is 6.75. The van der Waals surface area contributed by atoms with Crippen molar-refractivity contribution in [2.45, 2.75) is 31.8 Å². The second-order valence-corrected chi connectivity index (χ2v) is 7.12. The first-order valence-corrected chi connectivity index (χ1v) is 10.1. The van der Waals surface area contributed by atoms with Crippen molar-refractivity contribution >= 4 is 11.9 Å². The number of hydrogen-bond donors (Lipinski definition) is 2. The zero-order valence-electron chi connectivity index (χ0n) is 17.2. The molecule has 2 heterocycles. The molecule has 0 amide bonds. The number of rotatable bonds is 7. The molecule has 2 aromatic rings. The summed E-state index contributed by atoms with van der Waals surface area (Å²) >= 11 is 0. The topological polar surface area (TPSA) is 79.1 Å². The maximum absolute atomic E-state index is 11.5. The van der Waals surface area contributed by atoms with Crippen molar-refractivity contribution in [2.75, 3.05) is 33.8 Å². The molecule has 1 saturated heterocycles. The number of nitrogens with one attached hydrogen (secondary N) is 2. The molecule has 1 aliphatic heterocycles. The van der Waals surface area contributed by atoms with Crippen molar-refractivity contribution < 1.29 is 13.9 Å². The van der Waals surface area contributed by atoms with Gasteiger partial charge in [0.25, 0.3) is 0 Å². The predicted octanol–water partition coefficient (Wildman–Crippen LogP) is 2.96. The molecule has 0 saturated carbocycles. The van der Waals surface area contributed by atoms with Crippen molar-refractivity contribution in [3.8, 4) is 0 Å². The van der Waals surface area contributed by atoms with Gasteiger partial charge in [0.2, 0.25) is 0 Å². The Balaban J connectivity index is 1.55. The Hall–Kier alpha value is -2.80. The normalized spacial score (nSPS) is 16.3. The molecule has 29 heavy (non-hydrogen) atoms. The Labute approximate surface area is 172 Å². The summed E-state index contributed by atoms with van der Waals surface area (Å²) in [5.41, 5.74) is 1.60. The third-order valence-electron chi connectivity index (χ3n) is 5.22. The van der Waals surface area contributed by atoms with Crippen LogP contribution in [0.3, 0.4) is 0 Å². The number of carbonyl (C=O) groups excluding carboxylic acids is 1. The van der Waals surface area contributed by atoms with Crippen molar-refractivity contribution in [1.82, 2.24) is 15.5 Å². The predicted molar refractivity (Wildman–Crippen MR) is 113 cm³/mol. The highest BCUT2D eigenvalue weighted by Crippen LogP contribution is 2.24. The standard InChI is InChI=1S/C22H30N4O3/c1-23-22(24-15-17-8-10-18(11-9-17)21(27)28-2)25-16-19(20-7-6-14-29-20)26-12-4-3-5-13-26/h6-11,14,19H,3-5,12-13,15-16H2,1-2H3,(H2,23,24,25). The first kappa shape index (κ1) is 20.9. The fourth-order valence-corrected chi connectivity index (χ4v) is 3.60. The molecule has 2 N–H and O–H groups in total. The molecule has 0 radical (unpaired) electrons. The van der Waals surface area contributed by atoms with Gasteiger partial charge in [-0.25, -0.2) is 4.79 Å². The Bertz CT molecular complexity index is 781. The molecule has 1 aromatic carbocycles. The third-order valence-corrected chi connectivity index (χ3v) is 5.22. The van der Waals surface area contributed by atoms with Crippen LogP contribution in [0.5, 0.6) is 0 Å². The van der Waals surface area contributed by atoms with Gasteiger partial charge in [0, 0.05) is 20.1 Å². The van der Waals surface area contributed by atoms with E-state index in [4.69, 9.17) is 9.15 Å². The molecule has 7 heteroatoms. The van der Waals surface area contributed by atoms with Crippen LogP contribution < -0.4 is 10.6 Å². The number of piperidine rings is 1. The maximum Gasteiger partial charge on any atom is 0.337 e. The molecule has 1 unspecified atom stereocenters. The minimum Gasteiger partial charge on any atom is -0.468 e. The van der Waals surface area contributed by atoms with Gasteiger partial charge in [-0.2, -0.15) is 0 Å². The fraction of sp³-hybridized carbons (Fsp3) is 0.455. The van der Waals surface area contributed by atoms with Crippen LogP contribution in [0.2, 0.25) is 0 Å². The molecule has 1 aromatic heterocycles. The van der Waals surface area contributed by atoms with Crippen molar-refractivity contribution in [3.63, 3.8) is 0 Å². The number of hydrogen-bond acceptors (Lipinski definition) is 5. The Kier molecular flexibility index (Phi) is 7.69. The van der Waals surface area contributed by atoms with Crippen LogP contribution in [-0.2, 0) is 11.3 Å². The number of ether oxygens (including phenoxy) is 1. The molecule has 7 nitrogen and oxygen atoms in total. The first-order chi connectivity index (χ1) is 14.2. The van der Waals surface area contributed by atoms with Gasteiger partial charge < -0.3 is 19.8 Å². The average molecular weight is 399 g/mol. The lowest BCUT2D eigenvalue weighted by atomic mass is 10.1. The lowest BCUT2D eigenvalue weighted by Gasteiger charge is -2.33. The molecular formula is C22H30N4O3. The van der Waals surface area contributed by atoms with E-state index in [-0.39, 0.29) is 12.0 Å². The minimum atomic E-state index is -0.330. The van der Waals surface area contributed by atoms with Gasteiger partial charge in [0.15, 0.2) is 5.96 Å². The van der Waals surface area contributed by atoms with E-state index in [1.165, 1.54) is 26.4 Å². The van der Waals surface area contributed by atoms with Gasteiger partial charge in [-0.15, -0.1) is 0 Å². The number of likely N-dealkylation sites (tertiary alicyclic amines) is 1. The van der Waals surface area contributed by atoms with Gasteiger partial charge in [-0.1, -0.05) is 18.6 Å². The first-order valence-electron chi connectivity index (χ1n) is 10.1. The molecule has 1 aliphatic rings.